The van der Waals surface area contributed by atoms with Crippen LogP contribution in [0.25, 0.3) is 11.3 Å². The van der Waals surface area contributed by atoms with Gasteiger partial charge in [0.15, 0.2) is 0 Å². The number of aliphatic hydroxyl groups is 1. The molecule has 1 N–H and O–H groups in total. The molecular weight excluding hydrogens is 253 g/mol. The molecule has 1 fully saturated rings. The molecule has 94 valence electrons. The summed E-state index contributed by atoms with van der Waals surface area (Å²) in [6.45, 7) is 0.971. The minimum absolute atomic E-state index is 0.0111. The van der Waals surface area contributed by atoms with Crippen LogP contribution in [0, 0.1) is 5.82 Å². The number of halogens is 1. The van der Waals surface area contributed by atoms with Gasteiger partial charge in [0, 0.05) is 10.9 Å². The van der Waals surface area contributed by atoms with Crippen molar-refractivity contribution in [3.63, 3.8) is 0 Å². The highest BCUT2D eigenvalue weighted by Gasteiger charge is 2.42. The van der Waals surface area contributed by atoms with Crippen LogP contribution in [0.4, 0.5) is 4.39 Å². The lowest BCUT2D eigenvalue weighted by molar-refractivity contribution is -0.0841. The fourth-order valence-electron chi connectivity index (χ4n) is 1.94. The molecule has 1 aliphatic rings. The first-order valence-corrected chi connectivity index (χ1v) is 6.53. The number of aromatic nitrogens is 1. The van der Waals surface area contributed by atoms with Gasteiger partial charge < -0.3 is 9.84 Å². The first kappa shape index (κ1) is 11.8. The summed E-state index contributed by atoms with van der Waals surface area (Å²) in [6, 6.07) is 6.56. The highest BCUT2D eigenvalue weighted by molar-refractivity contribution is 7.10. The van der Waals surface area contributed by atoms with Crippen molar-refractivity contribution >= 4 is 11.3 Å². The maximum Gasteiger partial charge on any atom is 0.132 e. The Morgan fingerprint density at radius 3 is 2.78 bits per heavy atom. The van der Waals surface area contributed by atoms with Crippen LogP contribution < -0.4 is 0 Å². The average molecular weight is 265 g/mol. The Balaban J connectivity index is 1.97. The number of thiazole rings is 1. The van der Waals surface area contributed by atoms with E-state index in [-0.39, 0.29) is 17.8 Å². The summed E-state index contributed by atoms with van der Waals surface area (Å²) < 4.78 is 18.8. The molecule has 2 heterocycles. The van der Waals surface area contributed by atoms with E-state index in [0.29, 0.717) is 24.5 Å². The molecular formula is C13H12FNO2S. The predicted octanol–water partition coefficient (Wildman–Crippen LogP) is 2.21. The zero-order valence-corrected chi connectivity index (χ0v) is 10.4. The third-order valence-corrected chi connectivity index (χ3v) is 4.26. The lowest BCUT2D eigenvalue weighted by Gasteiger charge is -2.37. The lowest BCUT2D eigenvalue weighted by Crippen LogP contribution is -2.49. The van der Waals surface area contributed by atoms with Crippen LogP contribution in [0.2, 0.25) is 0 Å². The summed E-state index contributed by atoms with van der Waals surface area (Å²) in [6.07, 6.45) is 0. The van der Waals surface area contributed by atoms with Gasteiger partial charge in [0.25, 0.3) is 0 Å². The Bertz CT molecular complexity index is 560. The summed E-state index contributed by atoms with van der Waals surface area (Å²) in [5.41, 5.74) is 0.731. The molecule has 0 atom stereocenters. The predicted molar refractivity (Wildman–Crippen MR) is 67.1 cm³/mol. The number of benzene rings is 1. The van der Waals surface area contributed by atoms with E-state index in [0.717, 1.165) is 5.01 Å². The van der Waals surface area contributed by atoms with Crippen LogP contribution in [0.3, 0.4) is 0 Å². The van der Waals surface area contributed by atoms with Gasteiger partial charge in [0.2, 0.25) is 0 Å². The normalized spacial score (nSPS) is 17.4. The largest absolute Gasteiger partial charge is 0.395 e. The van der Waals surface area contributed by atoms with E-state index in [2.05, 4.69) is 4.98 Å². The van der Waals surface area contributed by atoms with Gasteiger partial charge in [-0.1, -0.05) is 12.1 Å². The molecule has 1 aromatic heterocycles. The molecule has 0 saturated carbocycles. The quantitative estimate of drug-likeness (QED) is 0.925. The molecule has 0 aliphatic carbocycles. The first-order valence-electron chi connectivity index (χ1n) is 5.65. The van der Waals surface area contributed by atoms with Gasteiger partial charge >= 0.3 is 0 Å². The monoisotopic (exact) mass is 265 g/mol. The summed E-state index contributed by atoms with van der Waals surface area (Å²) in [5, 5.41) is 12.1. The van der Waals surface area contributed by atoms with Crippen LogP contribution in [-0.4, -0.2) is 29.9 Å². The highest BCUT2D eigenvalue weighted by Crippen LogP contribution is 2.36. The molecule has 0 radical (unpaired) electrons. The molecule has 0 amide bonds. The van der Waals surface area contributed by atoms with Crippen LogP contribution in [0.15, 0.2) is 29.6 Å². The van der Waals surface area contributed by atoms with E-state index in [4.69, 9.17) is 4.74 Å². The molecule has 18 heavy (non-hydrogen) atoms. The second-order valence-electron chi connectivity index (χ2n) is 4.45. The Morgan fingerprint density at radius 1 is 1.39 bits per heavy atom. The molecule has 3 rings (SSSR count). The summed E-state index contributed by atoms with van der Waals surface area (Å²) in [5.74, 6) is -0.280. The number of hydrogen-bond donors (Lipinski definition) is 1. The van der Waals surface area contributed by atoms with Crippen molar-refractivity contribution in [1.29, 1.82) is 0 Å². The molecule has 0 bridgehead atoms. The van der Waals surface area contributed by atoms with Gasteiger partial charge in [-0.15, -0.1) is 11.3 Å². The van der Waals surface area contributed by atoms with E-state index in [1.807, 2.05) is 5.38 Å². The number of hydrogen-bond acceptors (Lipinski definition) is 4. The zero-order valence-electron chi connectivity index (χ0n) is 9.60. The standard InChI is InChI=1S/C13H12FNO2S/c14-10-4-2-1-3-9(10)11-5-18-12(15-11)13(6-16)7-17-8-13/h1-5,16H,6-8H2. The lowest BCUT2D eigenvalue weighted by atomic mass is 9.88. The Hall–Kier alpha value is -1.30. The first-order chi connectivity index (χ1) is 8.75. The smallest absolute Gasteiger partial charge is 0.132 e. The zero-order chi connectivity index (χ0) is 12.6. The van der Waals surface area contributed by atoms with Crippen molar-refractivity contribution in [3.05, 3.63) is 40.5 Å². The highest BCUT2D eigenvalue weighted by atomic mass is 32.1. The van der Waals surface area contributed by atoms with E-state index < -0.39 is 0 Å². The molecule has 3 nitrogen and oxygen atoms in total. The van der Waals surface area contributed by atoms with Crippen molar-refractivity contribution in [3.8, 4) is 11.3 Å². The summed E-state index contributed by atoms with van der Waals surface area (Å²) >= 11 is 1.44. The maximum atomic E-state index is 13.6. The van der Waals surface area contributed by atoms with E-state index >= 15 is 0 Å². The van der Waals surface area contributed by atoms with E-state index in [9.17, 15) is 9.50 Å². The van der Waals surface area contributed by atoms with Gasteiger partial charge in [-0.25, -0.2) is 9.37 Å². The summed E-state index contributed by atoms with van der Waals surface area (Å²) in [4.78, 5) is 4.44. The molecule has 0 unspecified atom stereocenters. The van der Waals surface area contributed by atoms with Crippen LogP contribution in [0.1, 0.15) is 5.01 Å². The van der Waals surface area contributed by atoms with Crippen molar-refractivity contribution in [2.75, 3.05) is 19.8 Å². The fraction of sp³-hybridized carbons (Fsp3) is 0.308. The molecule has 0 spiro atoms. The van der Waals surface area contributed by atoms with Crippen molar-refractivity contribution in [2.45, 2.75) is 5.41 Å². The third-order valence-electron chi connectivity index (χ3n) is 3.17. The van der Waals surface area contributed by atoms with Crippen molar-refractivity contribution in [1.82, 2.24) is 4.98 Å². The van der Waals surface area contributed by atoms with Gasteiger partial charge in [0.1, 0.15) is 10.8 Å². The van der Waals surface area contributed by atoms with Gasteiger partial charge in [-0.2, -0.15) is 0 Å². The van der Waals surface area contributed by atoms with Gasteiger partial charge in [-0.05, 0) is 12.1 Å². The molecule has 5 heteroatoms. The number of rotatable bonds is 3. The minimum Gasteiger partial charge on any atom is -0.395 e. The second kappa shape index (κ2) is 4.42. The number of nitrogens with zero attached hydrogens (tertiary/aromatic N) is 1. The second-order valence-corrected chi connectivity index (χ2v) is 5.31. The maximum absolute atomic E-state index is 13.6. The van der Waals surface area contributed by atoms with Crippen molar-refractivity contribution in [2.24, 2.45) is 0 Å². The fourth-order valence-corrected chi connectivity index (χ4v) is 2.93. The molecule has 1 aliphatic heterocycles. The topological polar surface area (TPSA) is 42.4 Å². The Kier molecular flexibility index (Phi) is 2.89. The van der Waals surface area contributed by atoms with E-state index in [1.165, 1.54) is 17.4 Å². The summed E-state index contributed by atoms with van der Waals surface area (Å²) in [7, 11) is 0. The average Bonchev–Trinajstić information content (AvgIpc) is 2.79. The van der Waals surface area contributed by atoms with E-state index in [1.54, 1.807) is 18.2 Å². The SMILES string of the molecule is OCC1(c2nc(-c3ccccc3F)cs2)COC1. The van der Waals surface area contributed by atoms with Crippen LogP contribution in [-0.2, 0) is 10.2 Å². The number of ether oxygens (including phenoxy) is 1. The molecule has 2 aromatic rings. The number of aliphatic hydroxyl groups excluding tert-OH is 1. The minimum atomic E-state index is -0.381. The van der Waals surface area contributed by atoms with Gasteiger partial charge in [-0.3, -0.25) is 0 Å². The third kappa shape index (κ3) is 1.75. The molecule has 1 saturated heterocycles. The Morgan fingerprint density at radius 2 is 2.17 bits per heavy atom. The van der Waals surface area contributed by atoms with Crippen LogP contribution >= 0.6 is 11.3 Å². The van der Waals surface area contributed by atoms with Gasteiger partial charge in [0.05, 0.1) is 30.9 Å². The van der Waals surface area contributed by atoms with Crippen molar-refractivity contribution < 1.29 is 14.2 Å². The Labute approximate surface area is 108 Å². The molecule has 1 aromatic carbocycles. The van der Waals surface area contributed by atoms with Crippen LogP contribution in [0.5, 0.6) is 0 Å².